The molecule has 2 heterocycles. The molecule has 1 aliphatic heterocycles. The van der Waals surface area contributed by atoms with Crippen LogP contribution in [0.4, 0.5) is 22.4 Å². The molecule has 2 aromatic carbocycles. The maximum Gasteiger partial charge on any atom is 0.325 e. The number of imide groups is 1. The van der Waals surface area contributed by atoms with E-state index in [2.05, 4.69) is 25.6 Å². The number of anilines is 3. The molecule has 1 aliphatic rings. The first kappa shape index (κ1) is 21.2. The largest absolute Gasteiger partial charge is 0.368 e. The number of urea groups is 1. The van der Waals surface area contributed by atoms with Gasteiger partial charge in [-0.05, 0) is 43.9 Å². The fourth-order valence-electron chi connectivity index (χ4n) is 3.64. The monoisotopic (exact) mass is 431 g/mol. The second kappa shape index (κ2) is 8.62. The summed E-state index contributed by atoms with van der Waals surface area (Å²) >= 11 is 0. The van der Waals surface area contributed by atoms with Gasteiger partial charge in [0.25, 0.3) is 5.91 Å². The van der Waals surface area contributed by atoms with Crippen molar-refractivity contribution in [2.45, 2.75) is 38.8 Å². The van der Waals surface area contributed by atoms with Crippen molar-refractivity contribution in [3.05, 3.63) is 71.5 Å². The highest BCUT2D eigenvalue weighted by Crippen LogP contribution is 2.25. The minimum Gasteiger partial charge on any atom is -0.368 e. The number of nitrogens with one attached hydrogen (secondary N) is 2. The maximum absolute atomic E-state index is 13.1. The van der Waals surface area contributed by atoms with Gasteiger partial charge >= 0.3 is 6.03 Å². The number of hydrogen-bond donors (Lipinski definition) is 3. The van der Waals surface area contributed by atoms with E-state index in [1.165, 1.54) is 0 Å². The van der Waals surface area contributed by atoms with Crippen molar-refractivity contribution in [2.75, 3.05) is 11.1 Å². The van der Waals surface area contributed by atoms with Crippen molar-refractivity contribution in [1.29, 1.82) is 0 Å². The van der Waals surface area contributed by atoms with Crippen LogP contribution in [-0.2, 0) is 17.8 Å². The van der Waals surface area contributed by atoms with Crippen LogP contribution in [0.5, 0.6) is 0 Å². The minimum absolute atomic E-state index is 0.00461. The number of nitrogen functional groups attached to an aromatic ring is 1. The van der Waals surface area contributed by atoms with Crippen LogP contribution in [0.25, 0.3) is 0 Å². The summed E-state index contributed by atoms with van der Waals surface area (Å²) in [6, 6.07) is 17.0. The zero-order chi connectivity index (χ0) is 22.7. The van der Waals surface area contributed by atoms with Gasteiger partial charge in [0.15, 0.2) is 5.82 Å². The third-order valence-electron chi connectivity index (χ3n) is 5.49. The van der Waals surface area contributed by atoms with Crippen molar-refractivity contribution in [1.82, 2.24) is 25.2 Å². The van der Waals surface area contributed by atoms with Crippen LogP contribution in [0.15, 0.2) is 54.6 Å². The highest BCUT2D eigenvalue weighted by molar-refractivity contribution is 6.06. The van der Waals surface area contributed by atoms with Crippen LogP contribution >= 0.6 is 0 Å². The number of nitrogens with zero attached hydrogens (tertiary/aromatic N) is 4. The fraction of sp³-hybridized carbons (Fsp3) is 0.261. The minimum atomic E-state index is -0.992. The van der Waals surface area contributed by atoms with Crippen molar-refractivity contribution in [2.24, 2.45) is 0 Å². The molecule has 0 spiro atoms. The molecule has 1 atom stereocenters. The number of para-hydroxylation sites is 1. The Hall–Kier alpha value is -4.01. The van der Waals surface area contributed by atoms with Crippen LogP contribution in [-0.4, -0.2) is 37.3 Å². The van der Waals surface area contributed by atoms with E-state index >= 15 is 0 Å². The normalized spacial score (nSPS) is 18.0. The molecule has 0 aliphatic carbocycles. The predicted molar refractivity (Wildman–Crippen MR) is 121 cm³/mol. The second-order valence-corrected chi connectivity index (χ2v) is 8.01. The van der Waals surface area contributed by atoms with E-state index in [4.69, 9.17) is 5.73 Å². The van der Waals surface area contributed by atoms with Gasteiger partial charge in [0.1, 0.15) is 5.54 Å². The van der Waals surface area contributed by atoms with Crippen LogP contribution in [0.1, 0.15) is 30.3 Å². The molecule has 32 heavy (non-hydrogen) atoms. The van der Waals surface area contributed by atoms with E-state index < -0.39 is 11.6 Å². The topological polar surface area (TPSA) is 126 Å². The maximum atomic E-state index is 13.1. The molecule has 1 fully saturated rings. The number of carbonyl (C=O) groups is 2. The van der Waals surface area contributed by atoms with Crippen LogP contribution < -0.4 is 16.4 Å². The van der Waals surface area contributed by atoms with Crippen molar-refractivity contribution in [3.63, 3.8) is 0 Å². The van der Waals surface area contributed by atoms with Gasteiger partial charge in [-0.3, -0.25) is 9.69 Å². The van der Waals surface area contributed by atoms with E-state index in [1.54, 1.807) is 6.92 Å². The summed E-state index contributed by atoms with van der Waals surface area (Å²) in [4.78, 5) is 39.4. The molecule has 164 valence electrons. The lowest BCUT2D eigenvalue weighted by molar-refractivity contribution is -0.131. The molecular weight excluding hydrogens is 406 g/mol. The number of carbonyl (C=O) groups excluding carboxylic acids is 2. The second-order valence-electron chi connectivity index (χ2n) is 8.01. The Morgan fingerprint density at radius 3 is 2.50 bits per heavy atom. The third kappa shape index (κ3) is 4.51. The van der Waals surface area contributed by atoms with Crippen LogP contribution in [0.2, 0.25) is 0 Å². The summed E-state index contributed by atoms with van der Waals surface area (Å²) in [7, 11) is 0. The molecule has 0 unspecified atom stereocenters. The van der Waals surface area contributed by atoms with Gasteiger partial charge in [0.2, 0.25) is 11.9 Å². The SMILES string of the molecule is Cc1ccccc1Nc1nc(N)nc(CN2C(=O)N[C@](C)(CCc3ccccc3)C2=O)n1. The van der Waals surface area contributed by atoms with E-state index in [9.17, 15) is 9.59 Å². The average Bonchev–Trinajstić information content (AvgIpc) is 2.98. The van der Waals surface area contributed by atoms with E-state index in [-0.39, 0.29) is 30.2 Å². The lowest BCUT2D eigenvalue weighted by Gasteiger charge is -2.21. The standard InChI is InChI=1S/C23H25N7O2/c1-15-8-6-7-11-17(15)25-21-27-18(26-20(24)28-21)14-30-19(31)23(2,29-22(30)32)13-12-16-9-4-3-5-10-16/h3-11H,12-14H2,1-2H3,(H,29,32)(H3,24,25,26,27,28)/t23-/m1/s1. The quantitative estimate of drug-likeness (QED) is 0.491. The van der Waals surface area contributed by atoms with Crippen molar-refractivity contribution < 1.29 is 9.59 Å². The molecule has 0 bridgehead atoms. The summed E-state index contributed by atoms with van der Waals surface area (Å²) in [6.07, 6.45) is 1.15. The first-order valence-electron chi connectivity index (χ1n) is 10.4. The van der Waals surface area contributed by atoms with Crippen molar-refractivity contribution in [3.8, 4) is 0 Å². The van der Waals surface area contributed by atoms with Gasteiger partial charge in [-0.25, -0.2) is 4.79 Å². The molecule has 3 amide bonds. The lowest BCUT2D eigenvalue weighted by Crippen LogP contribution is -2.44. The Morgan fingerprint density at radius 1 is 1.03 bits per heavy atom. The molecule has 9 nitrogen and oxygen atoms in total. The predicted octanol–water partition coefficient (Wildman–Crippen LogP) is 2.95. The molecule has 0 radical (unpaired) electrons. The summed E-state index contributed by atoms with van der Waals surface area (Å²) in [5.41, 5.74) is 7.80. The molecule has 0 saturated carbocycles. The number of benzene rings is 2. The third-order valence-corrected chi connectivity index (χ3v) is 5.49. The van der Waals surface area contributed by atoms with Crippen molar-refractivity contribution >= 4 is 29.5 Å². The molecule has 4 N–H and O–H groups in total. The highest BCUT2D eigenvalue weighted by atomic mass is 16.2. The average molecular weight is 432 g/mol. The first-order valence-corrected chi connectivity index (χ1v) is 10.4. The smallest absolute Gasteiger partial charge is 0.325 e. The Morgan fingerprint density at radius 2 is 1.75 bits per heavy atom. The van der Waals surface area contributed by atoms with Gasteiger partial charge in [-0.1, -0.05) is 48.5 Å². The Bertz CT molecular complexity index is 1150. The highest BCUT2D eigenvalue weighted by Gasteiger charge is 2.47. The molecular formula is C23H25N7O2. The summed E-state index contributed by atoms with van der Waals surface area (Å²) in [5.74, 6) is 0.167. The van der Waals surface area contributed by atoms with E-state index in [0.29, 0.717) is 12.8 Å². The summed E-state index contributed by atoms with van der Waals surface area (Å²) < 4.78 is 0. The summed E-state index contributed by atoms with van der Waals surface area (Å²) in [6.45, 7) is 3.60. The number of amides is 3. The van der Waals surface area contributed by atoms with Gasteiger partial charge in [-0.2, -0.15) is 15.0 Å². The number of aromatic nitrogens is 3. The number of nitrogens with two attached hydrogens (primary N) is 1. The zero-order valence-corrected chi connectivity index (χ0v) is 18.0. The number of aryl methyl sites for hydroxylation is 2. The van der Waals surface area contributed by atoms with Gasteiger partial charge in [0, 0.05) is 5.69 Å². The first-order chi connectivity index (χ1) is 15.3. The van der Waals surface area contributed by atoms with E-state index in [0.717, 1.165) is 21.7 Å². The number of rotatable bonds is 7. The number of hydrogen-bond acceptors (Lipinski definition) is 7. The molecule has 3 aromatic rings. The zero-order valence-electron chi connectivity index (χ0n) is 18.0. The Labute approximate surface area is 186 Å². The van der Waals surface area contributed by atoms with E-state index in [1.807, 2.05) is 61.5 Å². The Kier molecular flexibility index (Phi) is 5.72. The summed E-state index contributed by atoms with van der Waals surface area (Å²) in [5, 5.41) is 5.93. The molecule has 1 saturated heterocycles. The van der Waals surface area contributed by atoms with Crippen LogP contribution in [0.3, 0.4) is 0 Å². The molecule has 4 rings (SSSR count). The van der Waals surface area contributed by atoms with Crippen LogP contribution in [0, 0.1) is 6.92 Å². The van der Waals surface area contributed by atoms with Gasteiger partial charge in [-0.15, -0.1) is 0 Å². The fourth-order valence-corrected chi connectivity index (χ4v) is 3.64. The molecule has 9 heteroatoms. The Balaban J connectivity index is 1.48. The van der Waals surface area contributed by atoms with Gasteiger partial charge < -0.3 is 16.4 Å². The lowest BCUT2D eigenvalue weighted by atomic mass is 9.93. The van der Waals surface area contributed by atoms with Gasteiger partial charge in [0.05, 0.1) is 6.54 Å². The molecule has 1 aromatic heterocycles.